The number of carbonyl (C=O) groups excluding carboxylic acids is 2. The molecule has 0 aliphatic carbocycles. The van der Waals surface area contributed by atoms with E-state index in [4.69, 9.17) is 0 Å². The quantitative estimate of drug-likeness (QED) is 0.317. The van der Waals surface area contributed by atoms with Crippen LogP contribution < -0.4 is 0 Å². The summed E-state index contributed by atoms with van der Waals surface area (Å²) in [4.78, 5) is 23.1. The highest BCUT2D eigenvalue weighted by atomic mass is 32.1. The first-order valence-electron chi connectivity index (χ1n) is 2.93. The van der Waals surface area contributed by atoms with Crippen LogP contribution in [0.4, 0.5) is 0 Å². The molecule has 0 fully saturated rings. The Morgan fingerprint density at radius 2 is 2.20 bits per heavy atom. The maximum Gasteiger partial charge on any atom is 0.254 e. The molecule has 0 unspecified atom stereocenters. The molecule has 0 aromatic carbocycles. The molecule has 0 saturated heterocycles. The molecule has 0 atom stereocenters. The maximum absolute atomic E-state index is 10.9. The predicted octanol–water partition coefficient (Wildman–Crippen LogP) is -0.431. The molecule has 2 amide bonds. The number of hydrogen-bond donors (Lipinski definition) is 1. The van der Waals surface area contributed by atoms with E-state index >= 15 is 0 Å². The molecule has 5 heteroatoms. The van der Waals surface area contributed by atoms with Crippen molar-refractivity contribution in [2.45, 2.75) is 6.82 Å². The molecule has 52 valence electrons. The molecule has 1 aliphatic rings. The highest BCUT2D eigenvalue weighted by Crippen LogP contribution is 2.13. The van der Waals surface area contributed by atoms with Crippen molar-refractivity contribution in [2.24, 2.45) is 0 Å². The number of amides is 2. The summed E-state index contributed by atoms with van der Waals surface area (Å²) in [6.07, 6.45) is 1.23. The van der Waals surface area contributed by atoms with E-state index in [-0.39, 0.29) is 16.7 Å². The van der Waals surface area contributed by atoms with Crippen LogP contribution >= 0.6 is 12.6 Å². The molecule has 0 bridgehead atoms. The molecule has 0 aromatic rings. The third-order valence-corrected chi connectivity index (χ3v) is 1.63. The summed E-state index contributed by atoms with van der Waals surface area (Å²) in [6, 6.07) is 0. The topological polar surface area (TPSA) is 37.4 Å². The van der Waals surface area contributed by atoms with Gasteiger partial charge in [-0.1, -0.05) is 6.82 Å². The van der Waals surface area contributed by atoms with E-state index in [1.807, 2.05) is 0 Å². The summed E-state index contributed by atoms with van der Waals surface area (Å²) >= 11 is 3.81. The van der Waals surface area contributed by atoms with E-state index in [1.54, 1.807) is 6.82 Å². The molecule has 0 N–H and O–H groups in total. The second-order valence-corrected chi connectivity index (χ2v) is 2.40. The highest BCUT2D eigenvalue weighted by molar-refractivity contribution is 7.85. The lowest BCUT2D eigenvalue weighted by molar-refractivity contribution is -0.131. The zero-order valence-electron chi connectivity index (χ0n) is 5.50. The maximum atomic E-state index is 10.9. The summed E-state index contributed by atoms with van der Waals surface area (Å²) in [5.41, 5.74) is 0. The van der Waals surface area contributed by atoms with E-state index in [2.05, 4.69) is 12.6 Å². The standard InChI is InChI=1S/C5H6BNO2S/c1-6-7-4(8)2-3(10)5(7)9/h2,6,10H,1H3. The Kier molecular flexibility index (Phi) is 1.85. The van der Waals surface area contributed by atoms with Gasteiger partial charge in [-0.05, 0) is 0 Å². The Morgan fingerprint density at radius 1 is 1.60 bits per heavy atom. The fraction of sp³-hybridized carbons (Fsp3) is 0.200. The zero-order valence-corrected chi connectivity index (χ0v) is 6.39. The van der Waals surface area contributed by atoms with Gasteiger partial charge in [0.15, 0.2) is 0 Å². The van der Waals surface area contributed by atoms with E-state index in [9.17, 15) is 9.59 Å². The molecule has 0 aromatic heterocycles. The lowest BCUT2D eigenvalue weighted by Crippen LogP contribution is -2.32. The number of imide groups is 1. The molecular weight excluding hydrogens is 149 g/mol. The van der Waals surface area contributed by atoms with Crippen LogP contribution in [0.15, 0.2) is 11.0 Å². The van der Waals surface area contributed by atoms with Crippen LogP contribution in [0.3, 0.4) is 0 Å². The van der Waals surface area contributed by atoms with Gasteiger partial charge in [0, 0.05) is 6.08 Å². The van der Waals surface area contributed by atoms with Crippen LogP contribution in [-0.2, 0) is 9.59 Å². The number of carbonyl (C=O) groups is 2. The predicted molar refractivity (Wildman–Crippen MR) is 41.9 cm³/mol. The fourth-order valence-electron chi connectivity index (χ4n) is 0.794. The summed E-state index contributed by atoms with van der Waals surface area (Å²) in [6.45, 7) is 1.75. The molecule has 1 heterocycles. The minimum atomic E-state index is -0.296. The van der Waals surface area contributed by atoms with Crippen LogP contribution in [0, 0.1) is 0 Å². The van der Waals surface area contributed by atoms with Crippen molar-refractivity contribution in [1.82, 2.24) is 4.81 Å². The molecule has 1 rings (SSSR count). The van der Waals surface area contributed by atoms with Crippen molar-refractivity contribution in [2.75, 3.05) is 0 Å². The normalized spacial score (nSPS) is 17.8. The number of hydrogen-bond acceptors (Lipinski definition) is 3. The molecule has 3 nitrogen and oxygen atoms in total. The third kappa shape index (κ3) is 0.966. The van der Waals surface area contributed by atoms with Crippen LogP contribution in [-0.4, -0.2) is 24.0 Å². The van der Waals surface area contributed by atoms with Gasteiger partial charge in [-0.2, -0.15) is 0 Å². The van der Waals surface area contributed by atoms with Crippen molar-refractivity contribution in [3.8, 4) is 0 Å². The van der Waals surface area contributed by atoms with Crippen molar-refractivity contribution in [1.29, 1.82) is 0 Å². The Morgan fingerprint density at radius 3 is 2.40 bits per heavy atom. The van der Waals surface area contributed by atoms with Crippen molar-refractivity contribution in [3.05, 3.63) is 11.0 Å². The lowest BCUT2D eigenvalue weighted by atomic mass is 9.97. The SMILES string of the molecule is CBN1C(=O)C=C(S)C1=O. The largest absolute Gasteiger partial charge is 0.325 e. The van der Waals surface area contributed by atoms with Crippen molar-refractivity contribution < 1.29 is 9.59 Å². The third-order valence-electron chi connectivity index (χ3n) is 1.31. The van der Waals surface area contributed by atoms with Gasteiger partial charge in [-0.25, -0.2) is 0 Å². The Bertz CT molecular complexity index is 226. The summed E-state index contributed by atoms with van der Waals surface area (Å²) in [5.74, 6) is -0.562. The molecule has 0 radical (unpaired) electrons. The van der Waals surface area contributed by atoms with Gasteiger partial charge in [-0.15, -0.1) is 12.6 Å². The van der Waals surface area contributed by atoms with Crippen molar-refractivity contribution in [3.63, 3.8) is 0 Å². The number of nitrogens with zero attached hydrogens (tertiary/aromatic N) is 1. The molecule has 0 spiro atoms. The van der Waals surface area contributed by atoms with Gasteiger partial charge in [0.1, 0.15) is 0 Å². The Balaban J connectivity index is 2.87. The highest BCUT2D eigenvalue weighted by Gasteiger charge is 2.26. The van der Waals surface area contributed by atoms with Gasteiger partial charge in [0.2, 0.25) is 13.3 Å². The van der Waals surface area contributed by atoms with Gasteiger partial charge in [-0.3, -0.25) is 9.59 Å². The summed E-state index contributed by atoms with van der Waals surface area (Å²) < 4.78 is 0. The lowest BCUT2D eigenvalue weighted by Gasteiger charge is -2.08. The van der Waals surface area contributed by atoms with Gasteiger partial charge >= 0.3 is 0 Å². The van der Waals surface area contributed by atoms with Gasteiger partial charge in [0.25, 0.3) is 5.91 Å². The van der Waals surface area contributed by atoms with E-state index in [0.29, 0.717) is 7.41 Å². The van der Waals surface area contributed by atoms with Gasteiger partial charge in [0.05, 0.1) is 4.91 Å². The monoisotopic (exact) mass is 155 g/mol. The fourth-order valence-corrected chi connectivity index (χ4v) is 1.03. The first-order chi connectivity index (χ1) is 4.66. The summed E-state index contributed by atoms with van der Waals surface area (Å²) in [5, 5.41) is 0. The Hall–Kier alpha value is -0.705. The smallest absolute Gasteiger partial charge is 0.254 e. The first-order valence-corrected chi connectivity index (χ1v) is 3.38. The zero-order chi connectivity index (χ0) is 7.72. The van der Waals surface area contributed by atoms with E-state index < -0.39 is 0 Å². The van der Waals surface area contributed by atoms with E-state index in [0.717, 1.165) is 4.81 Å². The molecular formula is C5H6BNO2S. The van der Waals surface area contributed by atoms with Gasteiger partial charge < -0.3 is 4.81 Å². The van der Waals surface area contributed by atoms with Crippen LogP contribution in [0.25, 0.3) is 0 Å². The van der Waals surface area contributed by atoms with Crippen LogP contribution in [0.1, 0.15) is 0 Å². The number of thiol groups is 1. The molecule has 1 aliphatic heterocycles. The molecule has 10 heavy (non-hydrogen) atoms. The van der Waals surface area contributed by atoms with Crippen molar-refractivity contribution >= 4 is 31.9 Å². The average molecular weight is 155 g/mol. The number of rotatable bonds is 1. The van der Waals surface area contributed by atoms with Crippen LogP contribution in [0.2, 0.25) is 6.82 Å². The average Bonchev–Trinajstić information content (AvgIpc) is 2.09. The van der Waals surface area contributed by atoms with E-state index in [1.165, 1.54) is 6.08 Å². The first kappa shape index (κ1) is 7.40. The second kappa shape index (κ2) is 2.50. The molecule has 0 saturated carbocycles. The minimum absolute atomic E-state index is 0.229. The minimum Gasteiger partial charge on any atom is -0.325 e. The van der Waals surface area contributed by atoms with Crippen LogP contribution in [0.5, 0.6) is 0 Å². The second-order valence-electron chi connectivity index (χ2n) is 1.92. The Labute approximate surface area is 64.8 Å². The summed E-state index contributed by atoms with van der Waals surface area (Å²) in [7, 11) is 0.415.